The molecule has 7 rings (SSSR count). The molecule has 2 atom stereocenters. The van der Waals surface area contributed by atoms with Gasteiger partial charge in [-0.25, -0.2) is 0 Å². The minimum Gasteiger partial charge on any atom is -0.497 e. The Balaban J connectivity index is 1.19. The normalized spacial score (nSPS) is 32.2. The summed E-state index contributed by atoms with van der Waals surface area (Å²) in [6.45, 7) is 3.23. The third-order valence-corrected chi connectivity index (χ3v) is 9.30. The molecule has 36 heavy (non-hydrogen) atoms. The highest BCUT2D eigenvalue weighted by atomic mass is 16.5. The molecule has 4 fully saturated rings. The summed E-state index contributed by atoms with van der Waals surface area (Å²) < 4.78 is 5.51. The van der Waals surface area contributed by atoms with Crippen molar-refractivity contribution in [2.75, 3.05) is 13.7 Å². The standard InChI is InChI=1S/C31H41N3O2/c1-3-4-11-32-28-16-25-15-26(36-2)9-10-27(25)29(33-28)23-5-7-24(8-6-23)30(35)34-31-17-20-12-21(18-31)14-22(13-20)19-31/h5-10,15,20-22,28-29,32-33H,3-4,11-14,16-19H2,1-2H3,(H,34,35)/t20?,21?,22?,28-,29+,31?/m1/s1. The number of nitrogens with one attached hydrogen (secondary N) is 3. The van der Waals surface area contributed by atoms with Crippen molar-refractivity contribution in [2.45, 2.75) is 82.5 Å². The zero-order chi connectivity index (χ0) is 24.7. The summed E-state index contributed by atoms with van der Waals surface area (Å²) in [5.41, 5.74) is 4.61. The number of benzene rings is 2. The lowest BCUT2D eigenvalue weighted by Gasteiger charge is -2.56. The molecule has 5 nitrogen and oxygen atoms in total. The number of fused-ring (bicyclic) bond motifs is 1. The van der Waals surface area contributed by atoms with Crippen molar-refractivity contribution in [1.29, 1.82) is 0 Å². The van der Waals surface area contributed by atoms with Crippen molar-refractivity contribution in [3.63, 3.8) is 0 Å². The van der Waals surface area contributed by atoms with Gasteiger partial charge in [0.15, 0.2) is 0 Å². The van der Waals surface area contributed by atoms with Crippen LogP contribution in [0.5, 0.6) is 5.75 Å². The van der Waals surface area contributed by atoms with Gasteiger partial charge in [0.1, 0.15) is 5.75 Å². The van der Waals surface area contributed by atoms with Crippen molar-refractivity contribution in [3.8, 4) is 5.75 Å². The van der Waals surface area contributed by atoms with Gasteiger partial charge in [0.05, 0.1) is 19.3 Å². The van der Waals surface area contributed by atoms with E-state index in [0.29, 0.717) is 0 Å². The molecular formula is C31H41N3O2. The van der Waals surface area contributed by atoms with Crippen molar-refractivity contribution < 1.29 is 9.53 Å². The zero-order valence-electron chi connectivity index (χ0n) is 21.8. The molecule has 0 radical (unpaired) electrons. The lowest BCUT2D eigenvalue weighted by Crippen LogP contribution is -2.59. The average Bonchev–Trinajstić information content (AvgIpc) is 2.87. The van der Waals surface area contributed by atoms with E-state index in [9.17, 15) is 4.79 Å². The Kier molecular flexibility index (Phi) is 6.55. The van der Waals surface area contributed by atoms with Gasteiger partial charge < -0.3 is 15.4 Å². The minimum atomic E-state index is 0.0464. The van der Waals surface area contributed by atoms with Crippen LogP contribution < -0.4 is 20.7 Å². The Morgan fingerprint density at radius 1 is 1.03 bits per heavy atom. The number of methoxy groups -OCH3 is 1. The average molecular weight is 488 g/mol. The van der Waals surface area contributed by atoms with E-state index >= 15 is 0 Å². The Morgan fingerprint density at radius 2 is 1.72 bits per heavy atom. The van der Waals surface area contributed by atoms with E-state index in [2.05, 4.69) is 47.1 Å². The Hall–Kier alpha value is -2.37. The smallest absolute Gasteiger partial charge is 0.251 e. The summed E-state index contributed by atoms with van der Waals surface area (Å²) in [4.78, 5) is 13.3. The first kappa shape index (κ1) is 24.0. The largest absolute Gasteiger partial charge is 0.497 e. The van der Waals surface area contributed by atoms with Gasteiger partial charge in [0, 0.05) is 17.5 Å². The first-order chi connectivity index (χ1) is 17.5. The first-order valence-corrected chi connectivity index (χ1v) is 14.1. The molecule has 192 valence electrons. The predicted molar refractivity (Wildman–Crippen MR) is 143 cm³/mol. The number of ether oxygens (including phenoxy) is 1. The van der Waals surface area contributed by atoms with Crippen LogP contribution in [-0.2, 0) is 6.42 Å². The lowest BCUT2D eigenvalue weighted by molar-refractivity contribution is -0.0167. The highest BCUT2D eigenvalue weighted by molar-refractivity contribution is 5.94. The van der Waals surface area contributed by atoms with Gasteiger partial charge in [0.25, 0.3) is 5.91 Å². The summed E-state index contributed by atoms with van der Waals surface area (Å²) in [6.07, 6.45) is 11.2. The van der Waals surface area contributed by atoms with Crippen LogP contribution >= 0.6 is 0 Å². The molecule has 1 heterocycles. The van der Waals surface area contributed by atoms with Crippen LogP contribution in [0.4, 0.5) is 0 Å². The number of carbonyl (C=O) groups excluding carboxylic acids is 1. The summed E-state index contributed by atoms with van der Waals surface area (Å²) in [5, 5.41) is 11.0. The first-order valence-electron chi connectivity index (χ1n) is 14.1. The van der Waals surface area contributed by atoms with Crippen LogP contribution in [0, 0.1) is 17.8 Å². The second-order valence-corrected chi connectivity index (χ2v) is 12.0. The minimum absolute atomic E-state index is 0.0464. The molecule has 1 amide bonds. The second kappa shape index (κ2) is 9.83. The molecule has 4 aliphatic carbocycles. The lowest BCUT2D eigenvalue weighted by atomic mass is 9.53. The van der Waals surface area contributed by atoms with Crippen molar-refractivity contribution in [3.05, 3.63) is 64.7 Å². The highest BCUT2D eigenvalue weighted by Crippen LogP contribution is 2.55. The van der Waals surface area contributed by atoms with Gasteiger partial charge in [-0.05, 0) is 110 Å². The molecule has 4 bridgehead atoms. The molecule has 5 heteroatoms. The Morgan fingerprint density at radius 3 is 2.36 bits per heavy atom. The molecule has 2 aromatic carbocycles. The fraction of sp³-hybridized carbons (Fsp3) is 0.581. The molecule has 4 saturated carbocycles. The topological polar surface area (TPSA) is 62.4 Å². The number of amides is 1. The Labute approximate surface area is 215 Å². The van der Waals surface area contributed by atoms with Crippen LogP contribution in [0.2, 0.25) is 0 Å². The molecule has 0 saturated heterocycles. The number of hydrogen-bond acceptors (Lipinski definition) is 4. The Bertz CT molecular complexity index is 1060. The van der Waals surface area contributed by atoms with E-state index in [1.807, 2.05) is 18.2 Å². The van der Waals surface area contributed by atoms with Crippen LogP contribution in [0.25, 0.3) is 0 Å². The number of carbonyl (C=O) groups is 1. The predicted octanol–water partition coefficient (Wildman–Crippen LogP) is 5.34. The van der Waals surface area contributed by atoms with Gasteiger partial charge in [0.2, 0.25) is 0 Å². The summed E-state index contributed by atoms with van der Waals surface area (Å²) in [6, 6.07) is 14.8. The quantitative estimate of drug-likeness (QED) is 0.440. The van der Waals surface area contributed by atoms with Gasteiger partial charge in [-0.2, -0.15) is 0 Å². The molecule has 5 aliphatic rings. The van der Waals surface area contributed by atoms with E-state index < -0.39 is 0 Å². The summed E-state index contributed by atoms with van der Waals surface area (Å²) in [7, 11) is 1.73. The van der Waals surface area contributed by atoms with Gasteiger partial charge >= 0.3 is 0 Å². The maximum atomic E-state index is 13.3. The van der Waals surface area contributed by atoms with E-state index in [0.717, 1.165) is 42.0 Å². The second-order valence-electron chi connectivity index (χ2n) is 12.0. The van der Waals surface area contributed by atoms with Crippen LogP contribution in [0.1, 0.15) is 91.4 Å². The summed E-state index contributed by atoms with van der Waals surface area (Å²) >= 11 is 0. The maximum Gasteiger partial charge on any atom is 0.251 e. The van der Waals surface area contributed by atoms with E-state index in [1.165, 1.54) is 68.1 Å². The van der Waals surface area contributed by atoms with Crippen LogP contribution in [0.15, 0.2) is 42.5 Å². The number of hydrogen-bond donors (Lipinski definition) is 3. The fourth-order valence-electron chi connectivity index (χ4n) is 8.00. The maximum absolute atomic E-state index is 13.3. The SMILES string of the molecule is CCCCN[C@H]1Cc2cc(OC)ccc2[C@H](c2ccc(C(=O)NC34CC5CC(CC(C5)C3)C4)cc2)N1. The van der Waals surface area contributed by atoms with E-state index in [1.54, 1.807) is 7.11 Å². The highest BCUT2D eigenvalue weighted by Gasteiger charge is 2.51. The fourth-order valence-corrected chi connectivity index (χ4v) is 8.00. The van der Waals surface area contributed by atoms with Crippen LogP contribution in [0.3, 0.4) is 0 Å². The van der Waals surface area contributed by atoms with Gasteiger partial charge in [-0.3, -0.25) is 10.1 Å². The third kappa shape index (κ3) is 4.68. The molecule has 3 N–H and O–H groups in total. The van der Waals surface area contributed by atoms with Gasteiger partial charge in [-0.1, -0.05) is 31.5 Å². The van der Waals surface area contributed by atoms with E-state index in [4.69, 9.17) is 4.74 Å². The van der Waals surface area contributed by atoms with Gasteiger partial charge in [-0.15, -0.1) is 0 Å². The number of unbranched alkanes of at least 4 members (excludes halogenated alkanes) is 1. The molecule has 2 aromatic rings. The van der Waals surface area contributed by atoms with Crippen molar-refractivity contribution in [1.82, 2.24) is 16.0 Å². The number of rotatable bonds is 8. The summed E-state index contributed by atoms with van der Waals surface area (Å²) in [5.74, 6) is 3.49. The van der Waals surface area contributed by atoms with Crippen molar-refractivity contribution >= 4 is 5.91 Å². The van der Waals surface area contributed by atoms with Crippen LogP contribution in [-0.4, -0.2) is 31.3 Å². The molecule has 1 aliphatic heterocycles. The molecule has 0 spiro atoms. The third-order valence-electron chi connectivity index (χ3n) is 9.30. The zero-order valence-corrected chi connectivity index (χ0v) is 21.8. The monoisotopic (exact) mass is 487 g/mol. The van der Waals surface area contributed by atoms with Crippen molar-refractivity contribution in [2.24, 2.45) is 17.8 Å². The molecule has 0 unspecified atom stereocenters. The molecular weight excluding hydrogens is 446 g/mol. The van der Waals surface area contributed by atoms with E-state index in [-0.39, 0.29) is 23.7 Å². The molecule has 0 aromatic heterocycles.